The van der Waals surface area contributed by atoms with Gasteiger partial charge >= 0.3 is 5.97 Å². The van der Waals surface area contributed by atoms with E-state index in [1.807, 2.05) is 0 Å². The number of halogens is 2. The normalized spacial score (nSPS) is 11.5. The molecule has 0 spiro atoms. The molecule has 0 saturated carbocycles. The van der Waals surface area contributed by atoms with Crippen molar-refractivity contribution in [2.45, 2.75) is 11.8 Å². The van der Waals surface area contributed by atoms with E-state index in [0.29, 0.717) is 12.3 Å². The van der Waals surface area contributed by atoms with Crippen molar-refractivity contribution >= 4 is 51.0 Å². The van der Waals surface area contributed by atoms with E-state index >= 15 is 0 Å². The Morgan fingerprint density at radius 1 is 1.12 bits per heavy atom. The van der Waals surface area contributed by atoms with Crippen molar-refractivity contribution in [3.8, 4) is 0 Å². The number of benzene rings is 2. The van der Waals surface area contributed by atoms with Crippen molar-refractivity contribution < 1.29 is 17.9 Å². The number of rotatable bonds is 6. The fourth-order valence-electron chi connectivity index (χ4n) is 1.91. The van der Waals surface area contributed by atoms with Gasteiger partial charge in [-0.15, -0.1) is 0 Å². The summed E-state index contributed by atoms with van der Waals surface area (Å²) in [4.78, 5) is 11.2. The zero-order valence-corrected chi connectivity index (χ0v) is 15.5. The van der Waals surface area contributed by atoms with Gasteiger partial charge in [0.1, 0.15) is 0 Å². The largest absolute Gasteiger partial charge is 0.463 e. The zero-order chi connectivity index (χ0) is 18.4. The monoisotopic (exact) mass is 399 g/mol. The van der Waals surface area contributed by atoms with Gasteiger partial charge in [-0.2, -0.15) is 0 Å². The minimum atomic E-state index is -3.82. The second kappa shape index (κ2) is 8.38. The van der Waals surface area contributed by atoms with Crippen LogP contribution < -0.4 is 4.72 Å². The van der Waals surface area contributed by atoms with E-state index < -0.39 is 16.0 Å². The lowest BCUT2D eigenvalue weighted by atomic mass is 10.2. The van der Waals surface area contributed by atoms with E-state index in [1.165, 1.54) is 24.3 Å². The molecule has 0 bridgehead atoms. The number of sulfonamides is 1. The van der Waals surface area contributed by atoms with Gasteiger partial charge in [0.15, 0.2) is 0 Å². The predicted octanol–water partition coefficient (Wildman–Crippen LogP) is 4.37. The van der Waals surface area contributed by atoms with Crippen molar-refractivity contribution in [1.82, 2.24) is 0 Å². The zero-order valence-electron chi connectivity index (χ0n) is 13.2. The van der Waals surface area contributed by atoms with Crippen LogP contribution in [-0.4, -0.2) is 21.0 Å². The Morgan fingerprint density at radius 2 is 1.72 bits per heavy atom. The molecule has 5 nitrogen and oxygen atoms in total. The van der Waals surface area contributed by atoms with Gasteiger partial charge in [-0.3, -0.25) is 4.72 Å². The molecule has 0 aromatic heterocycles. The van der Waals surface area contributed by atoms with Gasteiger partial charge in [-0.25, -0.2) is 13.2 Å². The summed E-state index contributed by atoms with van der Waals surface area (Å²) in [5.41, 5.74) is 1.09. The quantitative estimate of drug-likeness (QED) is 0.577. The molecule has 0 atom stereocenters. The highest BCUT2D eigenvalue weighted by Crippen LogP contribution is 2.24. The smallest absolute Gasteiger partial charge is 0.330 e. The number of carbonyl (C=O) groups excluding carboxylic acids is 1. The number of carbonyl (C=O) groups is 1. The average Bonchev–Trinajstić information content (AvgIpc) is 2.53. The third-order valence-electron chi connectivity index (χ3n) is 3.01. The lowest BCUT2D eigenvalue weighted by Crippen LogP contribution is -2.12. The highest BCUT2D eigenvalue weighted by Gasteiger charge is 2.15. The van der Waals surface area contributed by atoms with Gasteiger partial charge in [0.05, 0.1) is 11.5 Å². The summed E-state index contributed by atoms with van der Waals surface area (Å²) in [6, 6.07) is 10.6. The molecule has 0 radical (unpaired) electrons. The summed E-state index contributed by atoms with van der Waals surface area (Å²) < 4.78 is 32.0. The fraction of sp³-hybridized carbons (Fsp3) is 0.118. The van der Waals surface area contributed by atoms with Gasteiger partial charge in [0.25, 0.3) is 10.0 Å². The molecule has 2 aromatic rings. The van der Waals surface area contributed by atoms with Crippen LogP contribution in [0.25, 0.3) is 6.08 Å². The van der Waals surface area contributed by atoms with E-state index in [9.17, 15) is 13.2 Å². The van der Waals surface area contributed by atoms with Gasteiger partial charge in [0.2, 0.25) is 0 Å². The van der Waals surface area contributed by atoms with Crippen molar-refractivity contribution in [2.24, 2.45) is 0 Å². The SMILES string of the molecule is CCOC(=O)C=Cc1ccc(NS(=O)(=O)c2cc(Cl)cc(Cl)c2)cc1. The lowest BCUT2D eigenvalue weighted by Gasteiger charge is -2.09. The lowest BCUT2D eigenvalue weighted by molar-refractivity contribution is -0.137. The number of hydrogen-bond donors (Lipinski definition) is 1. The minimum Gasteiger partial charge on any atom is -0.463 e. The van der Waals surface area contributed by atoms with Crippen LogP contribution in [0.1, 0.15) is 12.5 Å². The first kappa shape index (κ1) is 19.3. The van der Waals surface area contributed by atoms with Gasteiger partial charge < -0.3 is 4.74 Å². The first-order chi connectivity index (χ1) is 11.8. The third-order valence-corrected chi connectivity index (χ3v) is 4.80. The maximum absolute atomic E-state index is 12.4. The fourth-order valence-corrected chi connectivity index (χ4v) is 3.70. The van der Waals surface area contributed by atoms with Crippen molar-refractivity contribution in [1.29, 1.82) is 0 Å². The predicted molar refractivity (Wildman–Crippen MR) is 99.4 cm³/mol. The summed E-state index contributed by atoms with van der Waals surface area (Å²) in [6.07, 6.45) is 2.88. The first-order valence-electron chi connectivity index (χ1n) is 7.24. The maximum atomic E-state index is 12.4. The molecule has 0 aliphatic rings. The first-order valence-corrected chi connectivity index (χ1v) is 9.48. The van der Waals surface area contributed by atoms with Gasteiger partial charge in [-0.1, -0.05) is 35.3 Å². The minimum absolute atomic E-state index is 0.0312. The average molecular weight is 400 g/mol. The second-order valence-corrected chi connectivity index (χ2v) is 7.47. The van der Waals surface area contributed by atoms with Crippen molar-refractivity contribution in [3.05, 3.63) is 64.1 Å². The Balaban J connectivity index is 2.13. The van der Waals surface area contributed by atoms with Crippen LogP contribution in [0.4, 0.5) is 5.69 Å². The molecule has 1 N–H and O–H groups in total. The molecule has 8 heteroatoms. The molecule has 0 heterocycles. The van der Waals surface area contributed by atoms with Crippen LogP contribution in [-0.2, 0) is 19.6 Å². The molecule has 0 amide bonds. The third kappa shape index (κ3) is 5.77. The Kier molecular flexibility index (Phi) is 6.47. The van der Waals surface area contributed by atoms with Crippen molar-refractivity contribution in [3.63, 3.8) is 0 Å². The van der Waals surface area contributed by atoms with E-state index in [2.05, 4.69) is 4.72 Å². The van der Waals surface area contributed by atoms with Crippen LogP contribution >= 0.6 is 23.2 Å². The topological polar surface area (TPSA) is 72.5 Å². The number of nitrogens with one attached hydrogen (secondary N) is 1. The molecule has 0 unspecified atom stereocenters. The van der Waals surface area contributed by atoms with Gasteiger partial charge in [-0.05, 0) is 48.9 Å². The Morgan fingerprint density at radius 3 is 2.28 bits per heavy atom. The summed E-state index contributed by atoms with van der Waals surface area (Å²) in [7, 11) is -3.82. The number of hydrogen-bond acceptors (Lipinski definition) is 4. The van der Waals surface area contributed by atoms with Crippen molar-refractivity contribution in [2.75, 3.05) is 11.3 Å². The Labute approximate surface area is 156 Å². The van der Waals surface area contributed by atoms with Gasteiger partial charge in [0, 0.05) is 21.8 Å². The summed E-state index contributed by atoms with van der Waals surface area (Å²) in [5, 5.41) is 0.458. The second-order valence-electron chi connectivity index (χ2n) is 4.92. The van der Waals surface area contributed by atoms with Crippen LogP contribution in [0.2, 0.25) is 10.0 Å². The van der Waals surface area contributed by atoms with E-state index in [-0.39, 0.29) is 14.9 Å². The number of ether oxygens (including phenoxy) is 1. The van der Waals surface area contributed by atoms with Crippen LogP contribution in [0.3, 0.4) is 0 Å². The van der Waals surface area contributed by atoms with Crippen LogP contribution in [0.15, 0.2) is 53.4 Å². The Bertz CT molecular complexity index is 873. The molecule has 132 valence electrons. The highest BCUT2D eigenvalue weighted by molar-refractivity contribution is 7.92. The summed E-state index contributed by atoms with van der Waals surface area (Å²) in [6.45, 7) is 2.02. The molecule has 2 aromatic carbocycles. The molecular weight excluding hydrogens is 385 g/mol. The van der Waals surface area contributed by atoms with E-state index in [0.717, 1.165) is 5.56 Å². The summed E-state index contributed by atoms with van der Waals surface area (Å²) >= 11 is 11.7. The van der Waals surface area contributed by atoms with E-state index in [1.54, 1.807) is 37.3 Å². The molecule has 0 aliphatic heterocycles. The highest BCUT2D eigenvalue weighted by atomic mass is 35.5. The standard InChI is InChI=1S/C17H15Cl2NO4S/c1-2-24-17(21)8-5-12-3-6-15(7-4-12)20-25(22,23)16-10-13(18)9-14(19)11-16/h3-11,20H,2H2,1H3. The molecule has 2 rings (SSSR count). The van der Waals surface area contributed by atoms with Crippen LogP contribution in [0.5, 0.6) is 0 Å². The molecule has 25 heavy (non-hydrogen) atoms. The molecule has 0 aliphatic carbocycles. The number of anilines is 1. The molecule has 0 fully saturated rings. The molecule has 0 saturated heterocycles. The number of esters is 1. The Hall–Kier alpha value is -2.02. The van der Waals surface area contributed by atoms with Crippen LogP contribution in [0, 0.1) is 0 Å². The maximum Gasteiger partial charge on any atom is 0.330 e. The summed E-state index contributed by atoms with van der Waals surface area (Å²) in [5.74, 6) is -0.440. The van der Waals surface area contributed by atoms with E-state index in [4.69, 9.17) is 27.9 Å². The molecular formula is C17H15Cl2NO4S.